The molecule has 0 amide bonds. The maximum absolute atomic E-state index is 5.62. The standard InChI is InChI=1S/C14H19N3O/c1-10-4-5-11(2)12(8-10)9-14-17-16-13(18-14)6-7-15-3/h4-5,8,15H,6-7,9H2,1-3H3. The van der Waals surface area contributed by atoms with Gasteiger partial charge in [-0.1, -0.05) is 23.8 Å². The highest BCUT2D eigenvalue weighted by Crippen LogP contribution is 2.15. The Bertz CT molecular complexity index is 520. The number of hydrogen-bond acceptors (Lipinski definition) is 4. The number of hydrogen-bond donors (Lipinski definition) is 1. The molecule has 4 nitrogen and oxygen atoms in total. The molecule has 2 aromatic rings. The molecule has 0 fully saturated rings. The third-order valence-corrected chi connectivity index (χ3v) is 2.94. The predicted octanol–water partition coefficient (Wildman–Crippen LogP) is 2.04. The minimum absolute atomic E-state index is 0.690. The number of likely N-dealkylation sites (N-methyl/N-ethyl adjacent to an activating group) is 1. The zero-order chi connectivity index (χ0) is 13.0. The van der Waals surface area contributed by atoms with Crippen molar-refractivity contribution in [2.45, 2.75) is 26.7 Å². The van der Waals surface area contributed by atoms with E-state index in [-0.39, 0.29) is 0 Å². The fourth-order valence-electron chi connectivity index (χ4n) is 1.85. The van der Waals surface area contributed by atoms with Gasteiger partial charge < -0.3 is 9.73 Å². The highest BCUT2D eigenvalue weighted by atomic mass is 16.4. The number of nitrogens with zero attached hydrogens (tertiary/aromatic N) is 2. The molecule has 0 atom stereocenters. The van der Waals surface area contributed by atoms with Gasteiger partial charge in [0.05, 0.1) is 6.42 Å². The minimum Gasteiger partial charge on any atom is -0.425 e. The van der Waals surface area contributed by atoms with E-state index in [0.29, 0.717) is 18.2 Å². The molecule has 96 valence electrons. The number of benzene rings is 1. The molecule has 0 spiro atoms. The summed E-state index contributed by atoms with van der Waals surface area (Å²) < 4.78 is 5.62. The van der Waals surface area contributed by atoms with Crippen LogP contribution in [0, 0.1) is 13.8 Å². The Hall–Kier alpha value is -1.68. The van der Waals surface area contributed by atoms with Crippen molar-refractivity contribution in [2.75, 3.05) is 13.6 Å². The van der Waals surface area contributed by atoms with Gasteiger partial charge >= 0.3 is 0 Å². The van der Waals surface area contributed by atoms with Crippen molar-refractivity contribution in [3.8, 4) is 0 Å². The molecule has 0 unspecified atom stereocenters. The molecule has 0 aliphatic heterocycles. The molecule has 0 aliphatic carbocycles. The second kappa shape index (κ2) is 5.78. The quantitative estimate of drug-likeness (QED) is 0.875. The van der Waals surface area contributed by atoms with Crippen LogP contribution in [0.25, 0.3) is 0 Å². The molecule has 1 N–H and O–H groups in total. The van der Waals surface area contributed by atoms with Crippen LogP contribution >= 0.6 is 0 Å². The molecule has 0 saturated heterocycles. The molecule has 1 aromatic carbocycles. The van der Waals surface area contributed by atoms with Crippen LogP contribution in [0.1, 0.15) is 28.5 Å². The molecule has 1 aromatic heterocycles. The van der Waals surface area contributed by atoms with Gasteiger partial charge in [0.1, 0.15) is 0 Å². The lowest BCUT2D eigenvalue weighted by molar-refractivity contribution is 0.454. The topological polar surface area (TPSA) is 51.0 Å². The molecule has 0 radical (unpaired) electrons. The van der Waals surface area contributed by atoms with E-state index < -0.39 is 0 Å². The van der Waals surface area contributed by atoms with E-state index in [1.165, 1.54) is 16.7 Å². The molecule has 0 saturated carbocycles. The SMILES string of the molecule is CNCCc1nnc(Cc2cc(C)ccc2C)o1. The second-order valence-electron chi connectivity index (χ2n) is 4.55. The van der Waals surface area contributed by atoms with Gasteiger partial charge in [-0.15, -0.1) is 10.2 Å². The molecular weight excluding hydrogens is 226 g/mol. The lowest BCUT2D eigenvalue weighted by Crippen LogP contribution is -2.10. The molecule has 18 heavy (non-hydrogen) atoms. The number of aromatic nitrogens is 2. The van der Waals surface area contributed by atoms with E-state index in [1.807, 2.05) is 7.05 Å². The fourth-order valence-corrected chi connectivity index (χ4v) is 1.85. The van der Waals surface area contributed by atoms with Gasteiger partial charge in [-0.25, -0.2) is 0 Å². The molecule has 2 rings (SSSR count). The van der Waals surface area contributed by atoms with Gasteiger partial charge in [-0.3, -0.25) is 0 Å². The van der Waals surface area contributed by atoms with Gasteiger partial charge in [0.25, 0.3) is 0 Å². The highest BCUT2D eigenvalue weighted by Gasteiger charge is 2.08. The average molecular weight is 245 g/mol. The summed E-state index contributed by atoms with van der Waals surface area (Å²) in [6, 6.07) is 6.42. The van der Waals surface area contributed by atoms with Crippen LogP contribution < -0.4 is 5.32 Å². The Labute approximate surface area is 107 Å². The van der Waals surface area contributed by atoms with Crippen molar-refractivity contribution < 1.29 is 4.42 Å². The van der Waals surface area contributed by atoms with Crippen molar-refractivity contribution in [3.63, 3.8) is 0 Å². The zero-order valence-electron chi connectivity index (χ0n) is 11.2. The molecular formula is C14H19N3O. The number of aryl methyl sites for hydroxylation is 2. The third kappa shape index (κ3) is 3.17. The van der Waals surface area contributed by atoms with Crippen LogP contribution in [0.2, 0.25) is 0 Å². The van der Waals surface area contributed by atoms with E-state index in [4.69, 9.17) is 4.42 Å². The maximum atomic E-state index is 5.62. The van der Waals surface area contributed by atoms with E-state index >= 15 is 0 Å². The van der Waals surface area contributed by atoms with E-state index in [2.05, 4.69) is 47.6 Å². The smallest absolute Gasteiger partial charge is 0.220 e. The van der Waals surface area contributed by atoms with Gasteiger partial charge in [0.2, 0.25) is 11.8 Å². The molecule has 0 bridgehead atoms. The Kier molecular flexibility index (Phi) is 4.10. The van der Waals surface area contributed by atoms with Crippen molar-refractivity contribution in [1.29, 1.82) is 0 Å². The second-order valence-corrected chi connectivity index (χ2v) is 4.55. The van der Waals surface area contributed by atoms with Gasteiger partial charge in [-0.2, -0.15) is 0 Å². The largest absolute Gasteiger partial charge is 0.425 e. The van der Waals surface area contributed by atoms with Crippen molar-refractivity contribution >= 4 is 0 Å². The fraction of sp³-hybridized carbons (Fsp3) is 0.429. The first-order valence-electron chi connectivity index (χ1n) is 6.21. The van der Waals surface area contributed by atoms with E-state index in [9.17, 15) is 0 Å². The Morgan fingerprint density at radius 1 is 1.17 bits per heavy atom. The number of rotatable bonds is 5. The first kappa shape index (κ1) is 12.8. The van der Waals surface area contributed by atoms with Gasteiger partial charge in [0.15, 0.2) is 0 Å². The Balaban J connectivity index is 2.08. The van der Waals surface area contributed by atoms with Gasteiger partial charge in [0, 0.05) is 13.0 Å². The first-order chi connectivity index (χ1) is 8.69. The summed E-state index contributed by atoms with van der Waals surface area (Å²) in [4.78, 5) is 0. The highest BCUT2D eigenvalue weighted by molar-refractivity contribution is 5.32. The Morgan fingerprint density at radius 3 is 2.72 bits per heavy atom. The third-order valence-electron chi connectivity index (χ3n) is 2.94. The predicted molar refractivity (Wildman–Crippen MR) is 70.7 cm³/mol. The zero-order valence-corrected chi connectivity index (χ0v) is 11.2. The number of nitrogens with one attached hydrogen (secondary N) is 1. The summed E-state index contributed by atoms with van der Waals surface area (Å²) in [5, 5.41) is 11.2. The van der Waals surface area contributed by atoms with Crippen LogP contribution in [-0.2, 0) is 12.8 Å². The summed E-state index contributed by atoms with van der Waals surface area (Å²) in [7, 11) is 1.91. The van der Waals surface area contributed by atoms with Crippen LogP contribution in [0.5, 0.6) is 0 Å². The average Bonchev–Trinajstić information content (AvgIpc) is 2.79. The van der Waals surface area contributed by atoms with Crippen LogP contribution in [0.3, 0.4) is 0 Å². The van der Waals surface area contributed by atoms with Crippen LogP contribution in [0.15, 0.2) is 22.6 Å². The lowest BCUT2D eigenvalue weighted by atomic mass is 10.0. The summed E-state index contributed by atoms with van der Waals surface area (Å²) in [6.45, 7) is 5.05. The molecule has 0 aliphatic rings. The van der Waals surface area contributed by atoms with Crippen LogP contribution in [-0.4, -0.2) is 23.8 Å². The van der Waals surface area contributed by atoms with Crippen molar-refractivity contribution in [2.24, 2.45) is 0 Å². The van der Waals surface area contributed by atoms with Gasteiger partial charge in [-0.05, 0) is 32.0 Å². The van der Waals surface area contributed by atoms with Crippen LogP contribution in [0.4, 0.5) is 0 Å². The van der Waals surface area contributed by atoms with Crippen molar-refractivity contribution in [3.05, 3.63) is 46.7 Å². The van der Waals surface area contributed by atoms with E-state index in [1.54, 1.807) is 0 Å². The van der Waals surface area contributed by atoms with E-state index in [0.717, 1.165) is 13.0 Å². The summed E-state index contributed by atoms with van der Waals surface area (Å²) in [5.41, 5.74) is 3.76. The summed E-state index contributed by atoms with van der Waals surface area (Å²) in [5.74, 6) is 1.39. The maximum Gasteiger partial charge on any atom is 0.220 e. The summed E-state index contributed by atoms with van der Waals surface area (Å²) >= 11 is 0. The monoisotopic (exact) mass is 245 g/mol. The normalized spacial score (nSPS) is 10.8. The molecule has 1 heterocycles. The lowest BCUT2D eigenvalue weighted by Gasteiger charge is -2.03. The molecule has 4 heteroatoms. The minimum atomic E-state index is 0.690. The summed E-state index contributed by atoms with van der Waals surface area (Å²) in [6.07, 6.45) is 1.48. The first-order valence-corrected chi connectivity index (χ1v) is 6.21. The Morgan fingerprint density at radius 2 is 1.94 bits per heavy atom. The van der Waals surface area contributed by atoms with Crippen molar-refractivity contribution in [1.82, 2.24) is 15.5 Å².